The first-order valence-corrected chi connectivity index (χ1v) is 14.7. The van der Waals surface area contributed by atoms with Gasteiger partial charge in [-0.25, -0.2) is 8.42 Å². The van der Waals surface area contributed by atoms with E-state index in [0.717, 1.165) is 37.5 Å². The number of rotatable bonds is 11. The first-order chi connectivity index (χ1) is 17.1. The molecule has 0 unspecified atom stereocenters. The third-order valence-corrected chi connectivity index (χ3v) is 8.31. The Morgan fingerprint density at radius 2 is 1.75 bits per heavy atom. The summed E-state index contributed by atoms with van der Waals surface area (Å²) in [5, 5.41) is 3.57. The van der Waals surface area contributed by atoms with Gasteiger partial charge >= 0.3 is 0 Å². The van der Waals surface area contributed by atoms with Gasteiger partial charge in [-0.05, 0) is 56.4 Å². The Bertz CT molecular complexity index is 1150. The molecule has 0 bridgehead atoms. The molecule has 0 heterocycles. The highest BCUT2D eigenvalue weighted by molar-refractivity contribution is 7.92. The summed E-state index contributed by atoms with van der Waals surface area (Å²) >= 11 is 6.22. The number of carbonyl (C=O) groups excluding carboxylic acids is 2. The third-order valence-electron chi connectivity index (χ3n) is 6.72. The van der Waals surface area contributed by atoms with Crippen molar-refractivity contribution in [2.24, 2.45) is 0 Å². The number of nitrogens with one attached hydrogen (secondary N) is 1. The lowest BCUT2D eigenvalue weighted by Gasteiger charge is -2.30. The summed E-state index contributed by atoms with van der Waals surface area (Å²) in [7, 11) is -3.58. The highest BCUT2D eigenvalue weighted by Crippen LogP contribution is 2.28. The standard InChI is InChI=1S/C27H36ClN3O4S/c1-20-24(28)15-9-16-25(20)31(36(3,34)35)18-10-17-26(32)30(19-22-11-5-4-6-12-22)21(2)27(33)29-23-13-7-8-14-23/h4-6,9,11-12,15-16,21,23H,7-8,10,13-14,17-19H2,1-3H3,(H,29,33)/t21-/m0/s1. The average molecular weight is 534 g/mol. The predicted octanol–water partition coefficient (Wildman–Crippen LogP) is 4.67. The van der Waals surface area contributed by atoms with E-state index in [4.69, 9.17) is 11.6 Å². The van der Waals surface area contributed by atoms with E-state index in [2.05, 4.69) is 5.32 Å². The fraction of sp³-hybridized carbons (Fsp3) is 0.481. The highest BCUT2D eigenvalue weighted by atomic mass is 35.5. The van der Waals surface area contributed by atoms with Crippen molar-refractivity contribution in [1.82, 2.24) is 10.2 Å². The van der Waals surface area contributed by atoms with Crippen LogP contribution in [0.3, 0.4) is 0 Å². The topological polar surface area (TPSA) is 86.8 Å². The van der Waals surface area contributed by atoms with E-state index in [1.165, 1.54) is 4.31 Å². The van der Waals surface area contributed by atoms with Gasteiger partial charge in [-0.15, -0.1) is 0 Å². The van der Waals surface area contributed by atoms with Gasteiger partial charge in [0.05, 0.1) is 11.9 Å². The average Bonchev–Trinajstić information content (AvgIpc) is 3.35. The summed E-state index contributed by atoms with van der Waals surface area (Å²) in [4.78, 5) is 28.0. The molecular formula is C27H36ClN3O4S. The molecule has 0 aromatic heterocycles. The van der Waals surface area contributed by atoms with Gasteiger partial charge in [-0.1, -0.05) is 60.8 Å². The number of hydrogen-bond donors (Lipinski definition) is 1. The maximum absolute atomic E-state index is 13.4. The molecule has 1 aliphatic carbocycles. The van der Waals surface area contributed by atoms with Gasteiger partial charge in [0, 0.05) is 30.6 Å². The van der Waals surface area contributed by atoms with Crippen LogP contribution in [0.15, 0.2) is 48.5 Å². The van der Waals surface area contributed by atoms with Crippen LogP contribution in [0.5, 0.6) is 0 Å². The molecular weight excluding hydrogens is 498 g/mol. The molecule has 1 aliphatic rings. The zero-order valence-corrected chi connectivity index (χ0v) is 22.8. The van der Waals surface area contributed by atoms with Crippen molar-refractivity contribution >= 4 is 39.1 Å². The molecule has 2 aromatic rings. The van der Waals surface area contributed by atoms with Crippen molar-refractivity contribution in [3.8, 4) is 0 Å². The summed E-state index contributed by atoms with van der Waals surface area (Å²) in [6.07, 6.45) is 5.71. The van der Waals surface area contributed by atoms with Crippen molar-refractivity contribution < 1.29 is 18.0 Å². The number of benzene rings is 2. The second kappa shape index (κ2) is 12.6. The molecule has 36 heavy (non-hydrogen) atoms. The van der Waals surface area contributed by atoms with E-state index in [0.29, 0.717) is 29.2 Å². The summed E-state index contributed by atoms with van der Waals surface area (Å²) in [5.41, 5.74) is 2.10. The van der Waals surface area contributed by atoms with Gasteiger partial charge in [-0.2, -0.15) is 0 Å². The summed E-state index contributed by atoms with van der Waals surface area (Å²) in [5.74, 6) is -0.345. The minimum Gasteiger partial charge on any atom is -0.352 e. The van der Waals surface area contributed by atoms with Crippen molar-refractivity contribution in [1.29, 1.82) is 0 Å². The fourth-order valence-electron chi connectivity index (χ4n) is 4.60. The van der Waals surface area contributed by atoms with E-state index in [1.54, 1.807) is 36.9 Å². The molecule has 0 aliphatic heterocycles. The molecule has 1 atom stereocenters. The van der Waals surface area contributed by atoms with Crippen LogP contribution >= 0.6 is 11.6 Å². The summed E-state index contributed by atoms with van der Waals surface area (Å²) < 4.78 is 26.4. The van der Waals surface area contributed by atoms with Gasteiger partial charge < -0.3 is 10.2 Å². The van der Waals surface area contributed by atoms with Crippen LogP contribution in [-0.2, 0) is 26.2 Å². The lowest BCUT2D eigenvalue weighted by molar-refractivity contribution is -0.141. The van der Waals surface area contributed by atoms with E-state index < -0.39 is 16.1 Å². The molecule has 0 spiro atoms. The third kappa shape index (κ3) is 7.46. The molecule has 7 nitrogen and oxygen atoms in total. The van der Waals surface area contributed by atoms with Crippen LogP contribution in [0, 0.1) is 6.92 Å². The zero-order valence-electron chi connectivity index (χ0n) is 21.2. The SMILES string of the molecule is Cc1c(Cl)cccc1N(CCCC(=O)N(Cc1ccccc1)[C@@H](C)C(=O)NC1CCCC1)S(C)(=O)=O. The maximum atomic E-state index is 13.4. The lowest BCUT2D eigenvalue weighted by Crippen LogP contribution is -2.49. The number of nitrogens with zero attached hydrogens (tertiary/aromatic N) is 2. The maximum Gasteiger partial charge on any atom is 0.242 e. The fourth-order valence-corrected chi connectivity index (χ4v) is 5.79. The van der Waals surface area contributed by atoms with E-state index in [-0.39, 0.29) is 30.8 Å². The Kier molecular flexibility index (Phi) is 9.79. The van der Waals surface area contributed by atoms with Crippen LogP contribution in [0.25, 0.3) is 0 Å². The molecule has 2 amide bonds. The van der Waals surface area contributed by atoms with Crippen molar-refractivity contribution in [3.63, 3.8) is 0 Å². The van der Waals surface area contributed by atoms with Crippen LogP contribution in [0.2, 0.25) is 5.02 Å². The van der Waals surface area contributed by atoms with E-state index in [1.807, 2.05) is 30.3 Å². The summed E-state index contributed by atoms with van der Waals surface area (Å²) in [6.45, 7) is 3.96. The second-order valence-electron chi connectivity index (χ2n) is 9.50. The summed E-state index contributed by atoms with van der Waals surface area (Å²) in [6, 6.07) is 14.2. The molecule has 196 valence electrons. The molecule has 1 fully saturated rings. The molecule has 3 rings (SSSR count). The molecule has 9 heteroatoms. The van der Waals surface area contributed by atoms with Crippen LogP contribution in [-0.4, -0.2) is 50.0 Å². The normalized spacial score (nSPS) is 14.9. The number of hydrogen-bond acceptors (Lipinski definition) is 4. The van der Waals surface area contributed by atoms with Crippen LogP contribution in [0.4, 0.5) is 5.69 Å². The molecule has 0 radical (unpaired) electrons. The Morgan fingerprint density at radius 1 is 1.08 bits per heavy atom. The minimum absolute atomic E-state index is 0.111. The van der Waals surface area contributed by atoms with Crippen molar-refractivity contribution in [2.75, 3.05) is 17.1 Å². The lowest BCUT2D eigenvalue weighted by atomic mass is 10.1. The molecule has 1 N–H and O–H groups in total. The molecule has 0 saturated heterocycles. The number of anilines is 1. The van der Waals surface area contributed by atoms with Crippen LogP contribution < -0.4 is 9.62 Å². The Labute approximate surface area is 219 Å². The monoisotopic (exact) mass is 533 g/mol. The Morgan fingerprint density at radius 3 is 2.39 bits per heavy atom. The highest BCUT2D eigenvalue weighted by Gasteiger charge is 2.29. The smallest absolute Gasteiger partial charge is 0.242 e. The Hall–Kier alpha value is -2.58. The molecule has 1 saturated carbocycles. The van der Waals surface area contributed by atoms with Gasteiger partial charge in [0.1, 0.15) is 6.04 Å². The van der Waals surface area contributed by atoms with Crippen molar-refractivity contribution in [2.45, 2.75) is 71.0 Å². The largest absolute Gasteiger partial charge is 0.352 e. The van der Waals surface area contributed by atoms with Gasteiger partial charge in [-0.3, -0.25) is 13.9 Å². The van der Waals surface area contributed by atoms with Crippen molar-refractivity contribution in [3.05, 3.63) is 64.7 Å². The Balaban J connectivity index is 1.72. The first-order valence-electron chi connectivity index (χ1n) is 12.4. The quantitative estimate of drug-likeness (QED) is 0.454. The number of halogens is 1. The number of sulfonamides is 1. The second-order valence-corrected chi connectivity index (χ2v) is 11.8. The van der Waals surface area contributed by atoms with Gasteiger partial charge in [0.15, 0.2) is 0 Å². The van der Waals surface area contributed by atoms with E-state index >= 15 is 0 Å². The number of amides is 2. The molecule has 2 aromatic carbocycles. The predicted molar refractivity (Wildman–Crippen MR) is 144 cm³/mol. The minimum atomic E-state index is -3.58. The van der Waals surface area contributed by atoms with Crippen LogP contribution in [0.1, 0.15) is 56.6 Å². The van der Waals surface area contributed by atoms with Gasteiger partial charge in [0.2, 0.25) is 21.8 Å². The van der Waals surface area contributed by atoms with Gasteiger partial charge in [0.25, 0.3) is 0 Å². The zero-order chi connectivity index (χ0) is 26.3. The van der Waals surface area contributed by atoms with E-state index in [9.17, 15) is 18.0 Å². The number of carbonyl (C=O) groups is 2. The first kappa shape index (κ1) is 28.0.